The Morgan fingerprint density at radius 3 is 2.67 bits per heavy atom. The molecule has 1 atom stereocenters. The van der Waals surface area contributed by atoms with Gasteiger partial charge >= 0.3 is 0 Å². The molecular weight excluding hydrogens is 383 g/mol. The first-order chi connectivity index (χ1) is 14.5. The number of amides is 1. The van der Waals surface area contributed by atoms with Gasteiger partial charge < -0.3 is 20.3 Å². The molecule has 1 unspecified atom stereocenters. The third-order valence-corrected chi connectivity index (χ3v) is 4.93. The van der Waals surface area contributed by atoms with Crippen LogP contribution >= 0.6 is 0 Å². The Balaban J connectivity index is 1.45. The molecule has 0 radical (unpaired) electrons. The van der Waals surface area contributed by atoms with Crippen molar-refractivity contribution >= 4 is 11.9 Å². The van der Waals surface area contributed by atoms with Gasteiger partial charge in [0.25, 0.3) is 0 Å². The minimum absolute atomic E-state index is 0.115. The molecule has 1 heterocycles. The Morgan fingerprint density at radius 1 is 1.20 bits per heavy atom. The molecule has 30 heavy (non-hydrogen) atoms. The van der Waals surface area contributed by atoms with E-state index >= 15 is 0 Å². The van der Waals surface area contributed by atoms with Crippen LogP contribution in [0.2, 0.25) is 0 Å². The van der Waals surface area contributed by atoms with Crippen LogP contribution in [0, 0.1) is 5.82 Å². The molecule has 1 amide bonds. The molecule has 160 valence electrons. The van der Waals surface area contributed by atoms with Gasteiger partial charge in [-0.1, -0.05) is 24.3 Å². The van der Waals surface area contributed by atoms with E-state index in [4.69, 9.17) is 4.74 Å². The van der Waals surface area contributed by atoms with E-state index in [9.17, 15) is 9.18 Å². The van der Waals surface area contributed by atoms with Crippen molar-refractivity contribution in [3.8, 4) is 5.75 Å². The average Bonchev–Trinajstić information content (AvgIpc) is 3.14. The average molecular weight is 413 g/mol. The Labute approximate surface area is 177 Å². The smallest absolute Gasteiger partial charge is 0.222 e. The van der Waals surface area contributed by atoms with E-state index in [2.05, 4.69) is 33.8 Å². The van der Waals surface area contributed by atoms with Gasteiger partial charge in [-0.05, 0) is 48.7 Å². The van der Waals surface area contributed by atoms with E-state index in [1.165, 1.54) is 12.1 Å². The zero-order valence-electron chi connectivity index (χ0n) is 17.5. The fraction of sp³-hybridized carbons (Fsp3) is 0.391. The largest absolute Gasteiger partial charge is 0.489 e. The third-order valence-electron chi connectivity index (χ3n) is 4.93. The maximum Gasteiger partial charge on any atom is 0.222 e. The van der Waals surface area contributed by atoms with E-state index in [-0.39, 0.29) is 17.8 Å². The van der Waals surface area contributed by atoms with Crippen LogP contribution in [0.5, 0.6) is 5.75 Å². The molecule has 0 saturated carbocycles. The lowest BCUT2D eigenvalue weighted by Crippen LogP contribution is -2.41. The van der Waals surface area contributed by atoms with Crippen molar-refractivity contribution in [3.63, 3.8) is 0 Å². The highest BCUT2D eigenvalue weighted by Crippen LogP contribution is 2.15. The maximum atomic E-state index is 13.0. The third kappa shape index (κ3) is 6.47. The SMILES string of the molecule is CN=C(NCc1cccc(CN2CCCC2=O)c1)NCC(C)Oc1ccc(F)cc1. The van der Waals surface area contributed by atoms with Crippen LogP contribution in [0.4, 0.5) is 4.39 Å². The lowest BCUT2D eigenvalue weighted by atomic mass is 10.1. The first-order valence-electron chi connectivity index (χ1n) is 10.3. The number of nitrogens with one attached hydrogen (secondary N) is 2. The number of benzene rings is 2. The number of aliphatic imine (C=N–C) groups is 1. The summed E-state index contributed by atoms with van der Waals surface area (Å²) in [7, 11) is 1.72. The number of hydrogen-bond donors (Lipinski definition) is 2. The van der Waals surface area contributed by atoms with Crippen LogP contribution in [-0.2, 0) is 17.9 Å². The monoisotopic (exact) mass is 412 g/mol. The topological polar surface area (TPSA) is 66.0 Å². The predicted octanol–water partition coefficient (Wildman–Crippen LogP) is 3.08. The summed E-state index contributed by atoms with van der Waals surface area (Å²) < 4.78 is 18.8. The van der Waals surface area contributed by atoms with Crippen LogP contribution in [0.15, 0.2) is 53.5 Å². The standard InChI is InChI=1S/C23H29FN4O2/c1-17(30-21-10-8-20(24)9-11-21)14-26-23(25-2)27-15-18-5-3-6-19(13-18)16-28-12-4-7-22(28)29/h3,5-6,8-11,13,17H,4,7,12,14-16H2,1-2H3,(H2,25,26,27). The number of carbonyl (C=O) groups excluding carboxylic acids is 1. The first-order valence-corrected chi connectivity index (χ1v) is 10.3. The molecule has 1 saturated heterocycles. The van der Waals surface area contributed by atoms with E-state index in [1.54, 1.807) is 19.2 Å². The highest BCUT2D eigenvalue weighted by atomic mass is 19.1. The van der Waals surface area contributed by atoms with Crippen LogP contribution in [0.1, 0.15) is 30.9 Å². The van der Waals surface area contributed by atoms with Gasteiger partial charge in [-0.2, -0.15) is 0 Å². The molecule has 2 aromatic rings. The summed E-state index contributed by atoms with van der Waals surface area (Å²) >= 11 is 0. The summed E-state index contributed by atoms with van der Waals surface area (Å²) in [6, 6.07) is 14.2. The second-order valence-corrected chi connectivity index (χ2v) is 7.43. The zero-order chi connectivity index (χ0) is 21.3. The summed E-state index contributed by atoms with van der Waals surface area (Å²) in [6.07, 6.45) is 1.49. The minimum atomic E-state index is -0.283. The molecule has 1 fully saturated rings. The highest BCUT2D eigenvalue weighted by Gasteiger charge is 2.19. The second kappa shape index (κ2) is 10.6. The van der Waals surface area contributed by atoms with Crippen molar-refractivity contribution in [2.24, 2.45) is 4.99 Å². The Kier molecular flexibility index (Phi) is 7.65. The van der Waals surface area contributed by atoms with E-state index < -0.39 is 0 Å². The molecule has 0 bridgehead atoms. The first kappa shape index (κ1) is 21.6. The number of carbonyl (C=O) groups is 1. The summed E-state index contributed by atoms with van der Waals surface area (Å²) in [6.45, 7) is 4.61. The van der Waals surface area contributed by atoms with Crippen molar-refractivity contribution in [1.29, 1.82) is 0 Å². The maximum absolute atomic E-state index is 13.0. The molecule has 0 aromatic heterocycles. The summed E-state index contributed by atoms with van der Waals surface area (Å²) in [4.78, 5) is 18.0. The van der Waals surface area contributed by atoms with Gasteiger partial charge in [-0.15, -0.1) is 0 Å². The molecule has 0 spiro atoms. The molecule has 1 aliphatic rings. The van der Waals surface area contributed by atoms with Crippen LogP contribution in [0.3, 0.4) is 0 Å². The highest BCUT2D eigenvalue weighted by molar-refractivity contribution is 5.79. The minimum Gasteiger partial charge on any atom is -0.489 e. The number of halogens is 1. The van der Waals surface area contributed by atoms with Gasteiger partial charge in [-0.25, -0.2) is 4.39 Å². The fourth-order valence-corrected chi connectivity index (χ4v) is 3.36. The normalized spacial score (nSPS) is 15.2. The summed E-state index contributed by atoms with van der Waals surface area (Å²) in [5, 5.41) is 6.53. The van der Waals surface area contributed by atoms with Crippen molar-refractivity contribution < 1.29 is 13.9 Å². The van der Waals surface area contributed by atoms with Gasteiger partial charge in [0, 0.05) is 33.1 Å². The quantitative estimate of drug-likeness (QED) is 0.517. The Hall–Kier alpha value is -3.09. The summed E-state index contributed by atoms with van der Waals surface area (Å²) in [5.74, 6) is 1.25. The van der Waals surface area contributed by atoms with Crippen molar-refractivity contribution in [2.45, 2.75) is 39.0 Å². The van der Waals surface area contributed by atoms with E-state index in [1.807, 2.05) is 17.9 Å². The van der Waals surface area contributed by atoms with Gasteiger partial charge in [-0.3, -0.25) is 9.79 Å². The van der Waals surface area contributed by atoms with E-state index in [0.29, 0.717) is 37.8 Å². The summed E-state index contributed by atoms with van der Waals surface area (Å²) in [5.41, 5.74) is 2.26. The van der Waals surface area contributed by atoms with Gasteiger partial charge in [0.15, 0.2) is 5.96 Å². The second-order valence-electron chi connectivity index (χ2n) is 7.43. The molecule has 7 heteroatoms. The number of rotatable bonds is 8. The van der Waals surface area contributed by atoms with E-state index in [0.717, 1.165) is 24.1 Å². The van der Waals surface area contributed by atoms with Crippen LogP contribution < -0.4 is 15.4 Å². The van der Waals surface area contributed by atoms with Gasteiger partial charge in [0.2, 0.25) is 5.91 Å². The van der Waals surface area contributed by atoms with Gasteiger partial charge in [0.05, 0.1) is 6.54 Å². The number of hydrogen-bond acceptors (Lipinski definition) is 3. The molecular formula is C23H29FN4O2. The van der Waals surface area contributed by atoms with Crippen LogP contribution in [0.25, 0.3) is 0 Å². The lowest BCUT2D eigenvalue weighted by molar-refractivity contribution is -0.128. The number of guanidine groups is 1. The number of likely N-dealkylation sites (tertiary alicyclic amines) is 1. The van der Waals surface area contributed by atoms with Gasteiger partial charge in [0.1, 0.15) is 17.7 Å². The molecule has 1 aliphatic heterocycles. The van der Waals surface area contributed by atoms with Crippen molar-refractivity contribution in [2.75, 3.05) is 20.1 Å². The number of ether oxygens (including phenoxy) is 1. The molecule has 2 aromatic carbocycles. The molecule has 3 rings (SSSR count). The molecule has 0 aliphatic carbocycles. The fourth-order valence-electron chi connectivity index (χ4n) is 3.36. The Bertz CT molecular complexity index is 870. The number of nitrogens with zero attached hydrogens (tertiary/aromatic N) is 2. The Morgan fingerprint density at radius 2 is 1.97 bits per heavy atom. The van der Waals surface area contributed by atoms with Crippen molar-refractivity contribution in [1.82, 2.24) is 15.5 Å². The lowest BCUT2D eigenvalue weighted by Gasteiger charge is -2.18. The molecule has 6 nitrogen and oxygen atoms in total. The van der Waals surface area contributed by atoms with Crippen LogP contribution in [-0.4, -0.2) is 43.0 Å². The van der Waals surface area contributed by atoms with Crippen molar-refractivity contribution in [3.05, 3.63) is 65.5 Å². The molecule has 2 N–H and O–H groups in total. The predicted molar refractivity (Wildman–Crippen MR) is 116 cm³/mol. The zero-order valence-corrected chi connectivity index (χ0v) is 17.5.